The van der Waals surface area contributed by atoms with Gasteiger partial charge < -0.3 is 9.64 Å². The molecule has 1 heterocycles. The fourth-order valence-corrected chi connectivity index (χ4v) is 4.61. The summed E-state index contributed by atoms with van der Waals surface area (Å²) in [6.45, 7) is 2.82. The molecule has 1 fully saturated rings. The molecule has 2 aromatic rings. The normalized spacial score (nSPS) is 15.6. The maximum atomic E-state index is 12.9. The van der Waals surface area contributed by atoms with Crippen LogP contribution in [-0.2, 0) is 21.4 Å². The van der Waals surface area contributed by atoms with Crippen LogP contribution in [0.2, 0.25) is 0 Å². The van der Waals surface area contributed by atoms with Gasteiger partial charge in [-0.15, -0.1) is 0 Å². The Morgan fingerprint density at radius 3 is 2.28 bits per heavy atom. The molecule has 0 aromatic heterocycles. The number of ether oxygens (including phenoxy) is 1. The Balaban J connectivity index is 1.61. The first-order valence-electron chi connectivity index (χ1n) is 9.45. The summed E-state index contributed by atoms with van der Waals surface area (Å²) in [6.07, 6.45) is 0.0736. The van der Waals surface area contributed by atoms with Gasteiger partial charge in [0, 0.05) is 31.7 Å². The standard InChI is InChI=1S/C21H24N2O5S/c1-17(24)19-8-10-20(11-9-19)29(26,27)23-13-5-12-22(14-15-23)21(25)28-16-18-6-3-2-4-7-18/h2-4,6-11H,5,12-16H2,1H3. The molecule has 0 saturated carbocycles. The van der Waals surface area contributed by atoms with Crippen LogP contribution in [0.25, 0.3) is 0 Å². The molecule has 0 aliphatic carbocycles. The third-order valence-electron chi connectivity index (χ3n) is 4.82. The number of ketones is 1. The number of hydrogen-bond acceptors (Lipinski definition) is 5. The van der Waals surface area contributed by atoms with Gasteiger partial charge in [0.2, 0.25) is 10.0 Å². The molecule has 0 atom stereocenters. The molecule has 7 nitrogen and oxygen atoms in total. The van der Waals surface area contributed by atoms with Gasteiger partial charge in [-0.2, -0.15) is 4.31 Å². The molecule has 0 radical (unpaired) electrons. The minimum absolute atomic E-state index is 0.117. The van der Waals surface area contributed by atoms with Crippen LogP contribution >= 0.6 is 0 Å². The average Bonchev–Trinajstić information content (AvgIpc) is 3.00. The molecule has 0 bridgehead atoms. The molecule has 2 aromatic carbocycles. The van der Waals surface area contributed by atoms with Gasteiger partial charge in [0.1, 0.15) is 6.61 Å². The largest absolute Gasteiger partial charge is 0.445 e. The predicted octanol–water partition coefficient (Wildman–Crippen LogP) is 2.92. The van der Waals surface area contributed by atoms with Crippen LogP contribution in [0.3, 0.4) is 0 Å². The van der Waals surface area contributed by atoms with E-state index in [0.29, 0.717) is 25.1 Å². The van der Waals surface area contributed by atoms with Crippen LogP contribution < -0.4 is 0 Å². The summed E-state index contributed by atoms with van der Waals surface area (Å²) >= 11 is 0. The monoisotopic (exact) mass is 416 g/mol. The topological polar surface area (TPSA) is 84.0 Å². The Hall–Kier alpha value is -2.71. The first kappa shape index (κ1) is 21.0. The average molecular weight is 416 g/mol. The van der Waals surface area contributed by atoms with E-state index in [1.807, 2.05) is 30.3 Å². The lowest BCUT2D eigenvalue weighted by molar-refractivity contribution is 0.0978. The van der Waals surface area contributed by atoms with Gasteiger partial charge in [0.25, 0.3) is 0 Å². The van der Waals surface area contributed by atoms with Crippen LogP contribution in [0, 0.1) is 0 Å². The number of carbonyl (C=O) groups is 2. The Kier molecular flexibility index (Phi) is 6.66. The van der Waals surface area contributed by atoms with Gasteiger partial charge in [0.15, 0.2) is 5.78 Å². The van der Waals surface area contributed by atoms with Crippen molar-refractivity contribution in [2.45, 2.75) is 24.8 Å². The van der Waals surface area contributed by atoms with Crippen molar-refractivity contribution in [2.24, 2.45) is 0 Å². The fourth-order valence-electron chi connectivity index (χ4n) is 3.14. The highest BCUT2D eigenvalue weighted by Gasteiger charge is 2.28. The van der Waals surface area contributed by atoms with Crippen molar-refractivity contribution < 1.29 is 22.7 Å². The van der Waals surface area contributed by atoms with E-state index in [1.165, 1.54) is 40.4 Å². The first-order chi connectivity index (χ1) is 13.9. The number of nitrogens with zero attached hydrogens (tertiary/aromatic N) is 2. The number of carbonyl (C=O) groups excluding carboxylic acids is 2. The molecule has 1 aliphatic heterocycles. The van der Waals surface area contributed by atoms with Crippen molar-refractivity contribution in [3.63, 3.8) is 0 Å². The molecule has 29 heavy (non-hydrogen) atoms. The fraction of sp³-hybridized carbons (Fsp3) is 0.333. The molecule has 154 valence electrons. The van der Waals surface area contributed by atoms with Gasteiger partial charge >= 0.3 is 6.09 Å². The summed E-state index contributed by atoms with van der Waals surface area (Å²) in [5, 5.41) is 0. The van der Waals surface area contributed by atoms with E-state index in [1.54, 1.807) is 0 Å². The SMILES string of the molecule is CC(=O)c1ccc(S(=O)(=O)N2CCCN(C(=O)OCc3ccccc3)CC2)cc1. The van der Waals surface area contributed by atoms with E-state index >= 15 is 0 Å². The maximum absolute atomic E-state index is 12.9. The van der Waals surface area contributed by atoms with Gasteiger partial charge in [0.05, 0.1) is 4.90 Å². The van der Waals surface area contributed by atoms with Crippen LogP contribution in [0.15, 0.2) is 59.5 Å². The number of benzene rings is 2. The molecule has 1 aliphatic rings. The van der Waals surface area contributed by atoms with Gasteiger partial charge in [-0.1, -0.05) is 42.5 Å². The van der Waals surface area contributed by atoms with Crippen molar-refractivity contribution in [3.8, 4) is 0 Å². The Labute approximate surface area is 170 Å². The number of Topliss-reactive ketones (excluding diaryl/α,β-unsaturated/α-hetero) is 1. The maximum Gasteiger partial charge on any atom is 0.410 e. The molecular formula is C21H24N2O5S. The lowest BCUT2D eigenvalue weighted by Gasteiger charge is -2.21. The van der Waals surface area contributed by atoms with Gasteiger partial charge in [-0.3, -0.25) is 4.79 Å². The van der Waals surface area contributed by atoms with Crippen molar-refractivity contribution in [1.82, 2.24) is 9.21 Å². The molecule has 3 rings (SSSR count). The van der Waals surface area contributed by atoms with Crippen molar-refractivity contribution in [2.75, 3.05) is 26.2 Å². The summed E-state index contributed by atoms with van der Waals surface area (Å²) in [7, 11) is -3.69. The second kappa shape index (κ2) is 9.19. The van der Waals surface area contributed by atoms with Crippen LogP contribution in [0.1, 0.15) is 29.3 Å². The van der Waals surface area contributed by atoms with Crippen molar-refractivity contribution in [1.29, 1.82) is 0 Å². The Morgan fingerprint density at radius 1 is 0.931 bits per heavy atom. The lowest BCUT2D eigenvalue weighted by Crippen LogP contribution is -2.37. The minimum Gasteiger partial charge on any atom is -0.445 e. The number of sulfonamides is 1. The zero-order valence-corrected chi connectivity index (χ0v) is 17.1. The summed E-state index contributed by atoms with van der Waals surface area (Å²) in [5.41, 5.74) is 1.36. The van der Waals surface area contributed by atoms with Crippen molar-refractivity contribution in [3.05, 3.63) is 65.7 Å². The highest BCUT2D eigenvalue weighted by Crippen LogP contribution is 2.19. The third-order valence-corrected chi connectivity index (χ3v) is 6.73. The van der Waals surface area contributed by atoms with Gasteiger partial charge in [-0.25, -0.2) is 13.2 Å². The molecule has 0 N–H and O–H groups in total. The molecule has 0 unspecified atom stereocenters. The van der Waals surface area contributed by atoms with Crippen LogP contribution in [-0.4, -0.2) is 55.7 Å². The van der Waals surface area contributed by atoms with E-state index in [0.717, 1.165) is 5.56 Å². The lowest BCUT2D eigenvalue weighted by atomic mass is 10.2. The van der Waals surface area contributed by atoms with Crippen LogP contribution in [0.4, 0.5) is 4.79 Å². The second-order valence-corrected chi connectivity index (χ2v) is 8.80. The zero-order chi connectivity index (χ0) is 20.9. The minimum atomic E-state index is -3.69. The highest BCUT2D eigenvalue weighted by atomic mass is 32.2. The summed E-state index contributed by atoms with van der Waals surface area (Å²) in [6, 6.07) is 15.3. The highest BCUT2D eigenvalue weighted by molar-refractivity contribution is 7.89. The molecule has 8 heteroatoms. The second-order valence-electron chi connectivity index (χ2n) is 6.87. The zero-order valence-electron chi connectivity index (χ0n) is 16.3. The van der Waals surface area contributed by atoms with Crippen LogP contribution in [0.5, 0.6) is 0 Å². The van der Waals surface area contributed by atoms with Gasteiger partial charge in [-0.05, 0) is 31.0 Å². The van der Waals surface area contributed by atoms with Crippen molar-refractivity contribution >= 4 is 21.9 Å². The Bertz CT molecular complexity index is 958. The molecular weight excluding hydrogens is 392 g/mol. The third kappa shape index (κ3) is 5.21. The Morgan fingerprint density at radius 2 is 1.62 bits per heavy atom. The quantitative estimate of drug-likeness (QED) is 0.700. The van der Waals surface area contributed by atoms with E-state index in [2.05, 4.69) is 0 Å². The molecule has 1 saturated heterocycles. The summed E-state index contributed by atoms with van der Waals surface area (Å²) in [5.74, 6) is -0.117. The molecule has 0 spiro atoms. The summed E-state index contributed by atoms with van der Waals surface area (Å²) < 4.78 is 32.6. The number of amides is 1. The predicted molar refractivity (Wildman–Crippen MR) is 108 cm³/mol. The number of rotatable bonds is 5. The smallest absolute Gasteiger partial charge is 0.410 e. The molecule has 1 amide bonds. The van der Waals surface area contributed by atoms with E-state index in [-0.39, 0.29) is 30.4 Å². The summed E-state index contributed by atoms with van der Waals surface area (Å²) in [4.78, 5) is 25.4. The van der Waals surface area contributed by atoms with E-state index in [9.17, 15) is 18.0 Å². The van der Waals surface area contributed by atoms with E-state index in [4.69, 9.17) is 4.74 Å². The van der Waals surface area contributed by atoms with E-state index < -0.39 is 16.1 Å². The number of hydrogen-bond donors (Lipinski definition) is 0. The first-order valence-corrected chi connectivity index (χ1v) is 10.9.